The third kappa shape index (κ3) is 3.24. The number of hydrogen-bond donors (Lipinski definition) is 1. The number of esters is 1. The lowest BCUT2D eigenvalue weighted by atomic mass is 10.3. The second-order valence-electron chi connectivity index (χ2n) is 4.95. The summed E-state index contributed by atoms with van der Waals surface area (Å²) in [5.74, 6) is 0.740. The molecule has 3 heterocycles. The van der Waals surface area contributed by atoms with Gasteiger partial charge in [0.1, 0.15) is 15.5 Å². The maximum atomic E-state index is 12.5. The van der Waals surface area contributed by atoms with E-state index in [1.165, 1.54) is 18.4 Å². The van der Waals surface area contributed by atoms with Crippen LogP contribution < -0.4 is 5.32 Å². The Hall–Kier alpha value is -2.45. The number of anilines is 1. The van der Waals surface area contributed by atoms with Gasteiger partial charge in [-0.15, -0.1) is 22.7 Å². The molecule has 1 amide bonds. The van der Waals surface area contributed by atoms with Gasteiger partial charge in [-0.3, -0.25) is 4.79 Å². The highest BCUT2D eigenvalue weighted by Gasteiger charge is 2.19. The van der Waals surface area contributed by atoms with Gasteiger partial charge in [0.25, 0.3) is 5.91 Å². The zero-order chi connectivity index (χ0) is 17.3. The van der Waals surface area contributed by atoms with E-state index in [1.807, 2.05) is 19.1 Å². The number of nitrogens with one attached hydrogen (secondary N) is 1. The van der Waals surface area contributed by atoms with Gasteiger partial charge in [0.15, 0.2) is 10.8 Å². The summed E-state index contributed by atoms with van der Waals surface area (Å²) in [6, 6.07) is 6.97. The lowest BCUT2D eigenvalue weighted by Gasteiger charge is -2.00. The number of rotatable bonds is 4. The molecule has 0 spiro atoms. The Labute approximate surface area is 146 Å². The molecule has 0 aliphatic heterocycles. The molecule has 24 heavy (non-hydrogen) atoms. The number of ether oxygens (including phenoxy) is 1. The molecule has 3 aromatic heterocycles. The summed E-state index contributed by atoms with van der Waals surface area (Å²) in [5.41, 5.74) is 0.631. The number of methoxy groups -OCH3 is 1. The first-order chi connectivity index (χ1) is 11.5. The maximum Gasteiger partial charge on any atom is 0.348 e. The minimum absolute atomic E-state index is 0.266. The summed E-state index contributed by atoms with van der Waals surface area (Å²) in [7, 11) is 1.32. The Bertz CT molecular complexity index is 907. The second kappa shape index (κ2) is 6.58. The van der Waals surface area contributed by atoms with Crippen molar-refractivity contribution in [2.45, 2.75) is 13.8 Å². The molecule has 0 aliphatic rings. The zero-order valence-corrected chi connectivity index (χ0v) is 14.8. The minimum Gasteiger partial charge on any atom is -0.465 e. The summed E-state index contributed by atoms with van der Waals surface area (Å²) in [6.45, 7) is 3.63. The Kier molecular flexibility index (Phi) is 4.50. The van der Waals surface area contributed by atoms with Gasteiger partial charge in [-0.1, -0.05) is 0 Å². The topological polar surface area (TPSA) is 81.4 Å². The number of hydrogen-bond acceptors (Lipinski definition) is 7. The standard InChI is InChI=1S/C16H14N2O4S2/c1-8-4-5-10(22-8)15-17-9(2)13(24-15)14(19)18-12-7-6-11(23-12)16(20)21-3/h4-7H,1-3H3,(H,18,19). The van der Waals surface area contributed by atoms with Crippen molar-refractivity contribution >= 4 is 39.6 Å². The van der Waals surface area contributed by atoms with E-state index < -0.39 is 5.97 Å². The predicted molar refractivity (Wildman–Crippen MR) is 92.9 cm³/mol. The van der Waals surface area contributed by atoms with Crippen molar-refractivity contribution in [3.8, 4) is 10.8 Å². The van der Waals surface area contributed by atoms with E-state index in [1.54, 1.807) is 19.1 Å². The van der Waals surface area contributed by atoms with Crippen molar-refractivity contribution in [3.05, 3.63) is 45.5 Å². The molecule has 0 radical (unpaired) electrons. The van der Waals surface area contributed by atoms with Gasteiger partial charge < -0.3 is 14.5 Å². The van der Waals surface area contributed by atoms with Crippen LogP contribution in [0.2, 0.25) is 0 Å². The number of carbonyl (C=O) groups excluding carboxylic acids is 2. The second-order valence-corrected chi connectivity index (χ2v) is 7.04. The van der Waals surface area contributed by atoms with Crippen molar-refractivity contribution in [1.29, 1.82) is 0 Å². The van der Waals surface area contributed by atoms with Crippen LogP contribution in [0.1, 0.15) is 30.8 Å². The van der Waals surface area contributed by atoms with Crippen molar-refractivity contribution < 1.29 is 18.7 Å². The molecule has 0 aromatic carbocycles. The van der Waals surface area contributed by atoms with E-state index in [4.69, 9.17) is 4.42 Å². The van der Waals surface area contributed by atoms with E-state index in [0.29, 0.717) is 31.2 Å². The van der Waals surface area contributed by atoms with Gasteiger partial charge in [-0.2, -0.15) is 0 Å². The first-order valence-electron chi connectivity index (χ1n) is 7.01. The van der Waals surface area contributed by atoms with Crippen molar-refractivity contribution in [3.63, 3.8) is 0 Å². The predicted octanol–water partition coefficient (Wildman–Crippen LogP) is 4.12. The van der Waals surface area contributed by atoms with Gasteiger partial charge >= 0.3 is 5.97 Å². The molecule has 8 heteroatoms. The fourth-order valence-corrected chi connectivity index (χ4v) is 3.79. The highest BCUT2D eigenvalue weighted by Crippen LogP contribution is 2.30. The molecule has 0 fully saturated rings. The van der Waals surface area contributed by atoms with Crippen LogP contribution in [0.15, 0.2) is 28.7 Å². The summed E-state index contributed by atoms with van der Waals surface area (Å²) >= 11 is 2.43. The zero-order valence-electron chi connectivity index (χ0n) is 13.2. The monoisotopic (exact) mass is 362 g/mol. The normalized spacial score (nSPS) is 10.6. The van der Waals surface area contributed by atoms with Crippen molar-refractivity contribution in [2.75, 3.05) is 12.4 Å². The fraction of sp³-hybridized carbons (Fsp3) is 0.188. The molecule has 0 unspecified atom stereocenters. The Balaban J connectivity index is 1.79. The van der Waals surface area contributed by atoms with Gasteiger partial charge in [-0.05, 0) is 38.1 Å². The molecule has 0 saturated heterocycles. The summed E-state index contributed by atoms with van der Waals surface area (Å²) in [5, 5.41) is 4.01. The van der Waals surface area contributed by atoms with Crippen LogP contribution in [0, 0.1) is 13.8 Å². The smallest absolute Gasteiger partial charge is 0.348 e. The van der Waals surface area contributed by atoms with E-state index in [9.17, 15) is 9.59 Å². The molecule has 3 aromatic rings. The Morgan fingerprint density at radius 1 is 1.17 bits per heavy atom. The van der Waals surface area contributed by atoms with E-state index >= 15 is 0 Å². The summed E-state index contributed by atoms with van der Waals surface area (Å²) in [4.78, 5) is 29.2. The molecule has 6 nitrogen and oxygen atoms in total. The van der Waals surface area contributed by atoms with Crippen LogP contribution >= 0.6 is 22.7 Å². The lowest BCUT2D eigenvalue weighted by Crippen LogP contribution is -2.10. The fourth-order valence-electron chi connectivity index (χ4n) is 2.05. The number of aryl methyl sites for hydroxylation is 2. The van der Waals surface area contributed by atoms with E-state index in [0.717, 1.165) is 17.1 Å². The molecule has 0 atom stereocenters. The number of carbonyl (C=O) groups is 2. The molecule has 1 N–H and O–H groups in total. The summed E-state index contributed by atoms with van der Waals surface area (Å²) in [6.07, 6.45) is 0. The number of aromatic nitrogens is 1. The van der Waals surface area contributed by atoms with Crippen LogP contribution in [0.3, 0.4) is 0 Å². The quantitative estimate of drug-likeness (QED) is 0.706. The van der Waals surface area contributed by atoms with Crippen molar-refractivity contribution in [1.82, 2.24) is 4.98 Å². The molecule has 0 bridgehead atoms. The van der Waals surface area contributed by atoms with Crippen LogP contribution in [0.25, 0.3) is 10.8 Å². The summed E-state index contributed by atoms with van der Waals surface area (Å²) < 4.78 is 10.2. The number of thiophene rings is 1. The lowest BCUT2D eigenvalue weighted by molar-refractivity contribution is 0.0606. The van der Waals surface area contributed by atoms with Gasteiger partial charge in [0.05, 0.1) is 17.8 Å². The largest absolute Gasteiger partial charge is 0.465 e. The van der Waals surface area contributed by atoms with Crippen molar-refractivity contribution in [2.24, 2.45) is 0 Å². The minimum atomic E-state index is -0.426. The highest BCUT2D eigenvalue weighted by molar-refractivity contribution is 7.18. The maximum absolute atomic E-state index is 12.5. The van der Waals surface area contributed by atoms with Crippen LogP contribution in [-0.4, -0.2) is 24.0 Å². The average Bonchev–Trinajstić information content (AvgIpc) is 3.26. The highest BCUT2D eigenvalue weighted by atomic mass is 32.1. The number of thiazole rings is 1. The average molecular weight is 362 g/mol. The van der Waals surface area contributed by atoms with Gasteiger partial charge in [-0.25, -0.2) is 9.78 Å². The Morgan fingerprint density at radius 3 is 2.62 bits per heavy atom. The van der Waals surface area contributed by atoms with Gasteiger partial charge in [0, 0.05) is 0 Å². The SMILES string of the molecule is COC(=O)c1ccc(NC(=O)c2sc(-c3ccc(C)o3)nc2C)s1. The number of amides is 1. The van der Waals surface area contributed by atoms with E-state index in [-0.39, 0.29) is 5.91 Å². The molecule has 3 rings (SSSR count). The first-order valence-corrected chi connectivity index (χ1v) is 8.65. The van der Waals surface area contributed by atoms with Crippen LogP contribution in [0.5, 0.6) is 0 Å². The molecular weight excluding hydrogens is 348 g/mol. The number of nitrogens with zero attached hydrogens (tertiary/aromatic N) is 1. The van der Waals surface area contributed by atoms with Crippen LogP contribution in [0.4, 0.5) is 5.00 Å². The Morgan fingerprint density at radius 2 is 1.96 bits per heavy atom. The third-order valence-electron chi connectivity index (χ3n) is 3.18. The molecular formula is C16H14N2O4S2. The molecule has 0 aliphatic carbocycles. The first kappa shape index (κ1) is 16.4. The third-order valence-corrected chi connectivity index (χ3v) is 5.33. The van der Waals surface area contributed by atoms with E-state index in [2.05, 4.69) is 15.0 Å². The van der Waals surface area contributed by atoms with Crippen LogP contribution in [-0.2, 0) is 4.74 Å². The number of furan rings is 1. The van der Waals surface area contributed by atoms with Gasteiger partial charge in [0.2, 0.25) is 0 Å². The molecule has 0 saturated carbocycles. The molecule has 124 valence electrons.